The van der Waals surface area contributed by atoms with Gasteiger partial charge in [-0.15, -0.1) is 0 Å². The van der Waals surface area contributed by atoms with E-state index in [4.69, 9.17) is 9.72 Å². The molecule has 1 atom stereocenters. The van der Waals surface area contributed by atoms with E-state index in [0.717, 1.165) is 42.5 Å². The van der Waals surface area contributed by atoms with Gasteiger partial charge in [0.1, 0.15) is 11.9 Å². The quantitative estimate of drug-likeness (QED) is 0.457. The Balaban J connectivity index is 1.48. The fourth-order valence-corrected chi connectivity index (χ4v) is 5.26. The molecule has 4 aliphatic rings. The second kappa shape index (κ2) is 9.22. The molecule has 0 unspecified atom stereocenters. The Morgan fingerprint density at radius 1 is 1.29 bits per heavy atom. The average molecular weight is 462 g/mol. The van der Waals surface area contributed by atoms with Crippen LogP contribution in [0.15, 0.2) is 24.3 Å². The first-order chi connectivity index (χ1) is 16.5. The number of carbonyl (C=O) groups excluding carboxylic acids is 2. The Morgan fingerprint density at radius 3 is 2.74 bits per heavy atom. The number of nitrogens with zero attached hydrogens (tertiary/aromatic N) is 5. The summed E-state index contributed by atoms with van der Waals surface area (Å²) in [6, 6.07) is 2.43. The predicted octanol–water partition coefficient (Wildman–Crippen LogP) is 2.29. The van der Waals surface area contributed by atoms with E-state index in [2.05, 4.69) is 23.6 Å². The molecular weight excluding hydrogens is 430 g/mol. The Kier molecular flexibility index (Phi) is 6.13. The van der Waals surface area contributed by atoms with Crippen molar-refractivity contribution < 1.29 is 14.3 Å². The van der Waals surface area contributed by atoms with Gasteiger partial charge in [0.05, 0.1) is 24.6 Å². The second-order valence-corrected chi connectivity index (χ2v) is 9.53. The number of allylic oxidation sites excluding steroid dienone is 1. The minimum absolute atomic E-state index is 0.00528. The number of nitriles is 1. The van der Waals surface area contributed by atoms with E-state index in [1.165, 1.54) is 11.6 Å². The Bertz CT molecular complexity index is 1100. The summed E-state index contributed by atoms with van der Waals surface area (Å²) in [7, 11) is 1.61. The summed E-state index contributed by atoms with van der Waals surface area (Å²) in [5, 5.41) is 10.2. The molecule has 5 rings (SSSR count). The third-order valence-electron chi connectivity index (χ3n) is 7.36. The van der Waals surface area contributed by atoms with Crippen LogP contribution in [0.4, 0.5) is 5.82 Å². The third kappa shape index (κ3) is 4.21. The van der Waals surface area contributed by atoms with E-state index >= 15 is 0 Å². The van der Waals surface area contributed by atoms with Crippen LogP contribution in [0.25, 0.3) is 0 Å². The van der Waals surface area contributed by atoms with Crippen LogP contribution in [-0.2, 0) is 27.3 Å². The topological polar surface area (TPSA) is 89.8 Å². The van der Waals surface area contributed by atoms with Crippen LogP contribution in [0, 0.1) is 11.3 Å². The van der Waals surface area contributed by atoms with Gasteiger partial charge in [-0.3, -0.25) is 9.59 Å². The first-order valence-corrected chi connectivity index (χ1v) is 12.1. The van der Waals surface area contributed by atoms with Crippen molar-refractivity contribution in [3.8, 4) is 6.07 Å². The van der Waals surface area contributed by atoms with Gasteiger partial charge in [0.25, 0.3) is 0 Å². The van der Waals surface area contributed by atoms with E-state index in [1.54, 1.807) is 12.0 Å². The summed E-state index contributed by atoms with van der Waals surface area (Å²) in [6.45, 7) is 6.94. The number of carbonyl (C=O) groups is 2. The highest BCUT2D eigenvalue weighted by Gasteiger charge is 2.39. The zero-order valence-electron chi connectivity index (χ0n) is 19.8. The van der Waals surface area contributed by atoms with Crippen molar-refractivity contribution in [3.05, 3.63) is 46.7 Å². The highest BCUT2D eigenvalue weighted by Crippen LogP contribution is 2.45. The molecule has 3 heterocycles. The molecule has 1 saturated heterocycles. The van der Waals surface area contributed by atoms with Crippen molar-refractivity contribution in [2.75, 3.05) is 44.8 Å². The molecule has 2 aliphatic carbocycles. The van der Waals surface area contributed by atoms with E-state index in [1.807, 2.05) is 4.90 Å². The van der Waals surface area contributed by atoms with Crippen LogP contribution in [0.5, 0.6) is 0 Å². The van der Waals surface area contributed by atoms with Crippen molar-refractivity contribution in [2.45, 2.75) is 50.6 Å². The van der Waals surface area contributed by atoms with Crippen molar-refractivity contribution in [2.24, 2.45) is 0 Å². The first kappa shape index (κ1) is 22.6. The van der Waals surface area contributed by atoms with Crippen LogP contribution >= 0.6 is 0 Å². The molecule has 0 aromatic carbocycles. The fourth-order valence-electron chi connectivity index (χ4n) is 5.26. The van der Waals surface area contributed by atoms with E-state index in [9.17, 15) is 14.9 Å². The van der Waals surface area contributed by atoms with Crippen molar-refractivity contribution >= 4 is 17.6 Å². The number of ether oxygens (including phenoxy) is 1. The van der Waals surface area contributed by atoms with Crippen molar-refractivity contribution in [1.29, 1.82) is 5.26 Å². The molecule has 8 heteroatoms. The molecule has 0 N–H and O–H groups in total. The summed E-state index contributed by atoms with van der Waals surface area (Å²) in [6.07, 6.45) is 7.79. The fraction of sp³-hybridized carbons (Fsp3) is 0.538. The highest BCUT2D eigenvalue weighted by molar-refractivity contribution is 5.87. The van der Waals surface area contributed by atoms with Crippen LogP contribution in [0.1, 0.15) is 54.0 Å². The smallest absolute Gasteiger partial charge is 0.246 e. The Morgan fingerprint density at radius 2 is 2.09 bits per heavy atom. The minimum atomic E-state index is -0.107. The molecule has 1 aromatic heterocycles. The van der Waals surface area contributed by atoms with Gasteiger partial charge in [-0.25, -0.2) is 4.98 Å². The lowest BCUT2D eigenvalue weighted by Crippen LogP contribution is -2.55. The molecule has 2 amide bonds. The Labute approximate surface area is 200 Å². The zero-order valence-corrected chi connectivity index (χ0v) is 19.8. The number of amides is 2. The minimum Gasteiger partial charge on any atom is -0.384 e. The molecule has 0 bridgehead atoms. The van der Waals surface area contributed by atoms with E-state index in [-0.39, 0.29) is 17.9 Å². The molecule has 34 heavy (non-hydrogen) atoms. The predicted molar refractivity (Wildman–Crippen MR) is 127 cm³/mol. The van der Waals surface area contributed by atoms with Gasteiger partial charge in [0.2, 0.25) is 11.8 Å². The molecule has 0 spiro atoms. The molecule has 2 fully saturated rings. The summed E-state index contributed by atoms with van der Waals surface area (Å²) >= 11 is 0. The number of piperazine rings is 1. The SMILES string of the molecule is C=CC(=O)N1CCc2c(C3CC3)nc(N3CCN(C(=O)CCOC)[C@H](C4=CC4)C3)c(C#N)c2C1. The molecule has 178 valence electrons. The van der Waals surface area contributed by atoms with Crippen LogP contribution in [0.2, 0.25) is 0 Å². The number of pyridine rings is 1. The summed E-state index contributed by atoms with van der Waals surface area (Å²) in [4.78, 5) is 36.2. The van der Waals surface area contributed by atoms with Crippen molar-refractivity contribution in [1.82, 2.24) is 14.8 Å². The zero-order chi connectivity index (χ0) is 23.8. The monoisotopic (exact) mass is 461 g/mol. The maximum absolute atomic E-state index is 12.8. The maximum Gasteiger partial charge on any atom is 0.246 e. The lowest BCUT2D eigenvalue weighted by molar-refractivity contribution is -0.134. The molecular formula is C26H31N5O3. The van der Waals surface area contributed by atoms with Gasteiger partial charge in [0, 0.05) is 51.4 Å². The van der Waals surface area contributed by atoms with Gasteiger partial charge in [-0.2, -0.15) is 5.26 Å². The summed E-state index contributed by atoms with van der Waals surface area (Å²) < 4.78 is 5.11. The lowest BCUT2D eigenvalue weighted by Gasteiger charge is -2.42. The van der Waals surface area contributed by atoms with Crippen LogP contribution < -0.4 is 4.90 Å². The van der Waals surface area contributed by atoms with E-state index in [0.29, 0.717) is 63.1 Å². The van der Waals surface area contributed by atoms with E-state index < -0.39 is 0 Å². The molecule has 0 radical (unpaired) electrons. The van der Waals surface area contributed by atoms with Gasteiger partial charge in [-0.05, 0) is 48.5 Å². The van der Waals surface area contributed by atoms with Crippen LogP contribution in [0.3, 0.4) is 0 Å². The number of aromatic nitrogens is 1. The largest absolute Gasteiger partial charge is 0.384 e. The Hall–Kier alpha value is -3.18. The molecule has 1 aromatic rings. The van der Waals surface area contributed by atoms with Gasteiger partial charge in [0.15, 0.2) is 0 Å². The average Bonchev–Trinajstić information content (AvgIpc) is 3.78. The second-order valence-electron chi connectivity index (χ2n) is 9.53. The summed E-state index contributed by atoms with van der Waals surface area (Å²) in [5.41, 5.74) is 5.05. The van der Waals surface area contributed by atoms with Gasteiger partial charge in [-0.1, -0.05) is 12.7 Å². The number of fused-ring (bicyclic) bond motifs is 1. The number of methoxy groups -OCH3 is 1. The van der Waals surface area contributed by atoms with Gasteiger partial charge >= 0.3 is 0 Å². The van der Waals surface area contributed by atoms with Gasteiger partial charge < -0.3 is 19.4 Å². The number of hydrogen-bond acceptors (Lipinski definition) is 6. The first-order valence-electron chi connectivity index (χ1n) is 12.1. The normalized spacial score (nSPS) is 21.5. The van der Waals surface area contributed by atoms with Crippen LogP contribution in [-0.4, -0.2) is 72.5 Å². The highest BCUT2D eigenvalue weighted by atomic mass is 16.5. The number of rotatable bonds is 7. The maximum atomic E-state index is 12.8. The molecule has 8 nitrogen and oxygen atoms in total. The van der Waals surface area contributed by atoms with Crippen molar-refractivity contribution in [3.63, 3.8) is 0 Å². The molecule has 2 aliphatic heterocycles. The third-order valence-corrected chi connectivity index (χ3v) is 7.36. The molecule has 1 saturated carbocycles. The summed E-state index contributed by atoms with van der Waals surface area (Å²) in [5.74, 6) is 1.16. The number of hydrogen-bond donors (Lipinski definition) is 0. The lowest BCUT2D eigenvalue weighted by atomic mass is 9.92. The number of anilines is 1. The standard InChI is InChI=1S/C26H31N5O3/c1-3-23(32)29-10-8-19-21(15-29)20(14-27)26(28-25(19)18-6-7-18)30-11-12-31(24(33)9-13-34-2)22(16-30)17-4-5-17/h3-4,18,22H,1,5-13,15-16H2,2H3/t22-/m0/s1.